The maximum Gasteiger partial charge on any atom is 0.223 e. The molecule has 0 saturated carbocycles. The quantitative estimate of drug-likeness (QED) is 0.410. The molecule has 6 heteroatoms. The van der Waals surface area contributed by atoms with E-state index in [1.165, 1.54) is 17.8 Å². The minimum Gasteiger partial charge on any atom is -0.439 e. The smallest absolute Gasteiger partial charge is 0.223 e. The second kappa shape index (κ2) is 8.27. The van der Waals surface area contributed by atoms with Crippen molar-refractivity contribution >= 4 is 11.8 Å². The first kappa shape index (κ1) is 18.3. The molecule has 0 bridgehead atoms. The van der Waals surface area contributed by atoms with Crippen LogP contribution >= 0.6 is 11.8 Å². The zero-order valence-electron chi connectivity index (χ0n) is 14.5. The van der Waals surface area contributed by atoms with E-state index in [1.54, 1.807) is 6.07 Å². The van der Waals surface area contributed by atoms with Crippen LogP contribution < -0.4 is 4.74 Å². The summed E-state index contributed by atoms with van der Waals surface area (Å²) in [6, 6.07) is 13.4. The Labute approximate surface area is 155 Å². The van der Waals surface area contributed by atoms with Crippen molar-refractivity contribution in [1.29, 1.82) is 0 Å². The van der Waals surface area contributed by atoms with Gasteiger partial charge in [0.05, 0.1) is 0 Å². The molecular formula is C20H18F2N2OS. The number of hydrogen-bond acceptors (Lipinski definition) is 4. The second-order valence-corrected chi connectivity index (χ2v) is 6.73. The average molecular weight is 372 g/mol. The Balaban J connectivity index is 1.77. The predicted octanol–water partition coefficient (Wildman–Crippen LogP) is 5.71. The molecule has 0 saturated heterocycles. The second-order valence-electron chi connectivity index (χ2n) is 5.79. The zero-order valence-corrected chi connectivity index (χ0v) is 15.3. The van der Waals surface area contributed by atoms with Crippen LogP contribution in [0.5, 0.6) is 11.6 Å². The maximum absolute atomic E-state index is 13.3. The molecule has 0 aliphatic rings. The van der Waals surface area contributed by atoms with Crippen molar-refractivity contribution in [3.8, 4) is 11.6 Å². The molecular weight excluding hydrogens is 354 g/mol. The number of rotatable bonds is 6. The lowest BCUT2D eigenvalue weighted by Crippen LogP contribution is -1.98. The van der Waals surface area contributed by atoms with E-state index in [9.17, 15) is 8.78 Å². The van der Waals surface area contributed by atoms with Gasteiger partial charge in [-0.15, -0.1) is 0 Å². The normalized spacial score (nSPS) is 10.8. The highest BCUT2D eigenvalue weighted by Crippen LogP contribution is 2.26. The van der Waals surface area contributed by atoms with Gasteiger partial charge in [0.25, 0.3) is 0 Å². The molecule has 0 amide bonds. The van der Waals surface area contributed by atoms with E-state index >= 15 is 0 Å². The number of hydrogen-bond donors (Lipinski definition) is 0. The Bertz CT molecular complexity index is 918. The maximum atomic E-state index is 13.3. The van der Waals surface area contributed by atoms with Crippen molar-refractivity contribution in [1.82, 2.24) is 9.97 Å². The number of halogens is 2. The van der Waals surface area contributed by atoms with Crippen molar-refractivity contribution < 1.29 is 13.5 Å². The predicted molar refractivity (Wildman–Crippen MR) is 98.6 cm³/mol. The van der Waals surface area contributed by atoms with Crippen LogP contribution in [0.1, 0.15) is 23.7 Å². The average Bonchev–Trinajstić information content (AvgIpc) is 2.62. The SMILES string of the molecule is CCc1cc(Oc2cccc(C)c2)nc(SCc2ccc(F)c(F)c2)n1. The van der Waals surface area contributed by atoms with E-state index in [0.29, 0.717) is 28.1 Å². The van der Waals surface area contributed by atoms with E-state index in [-0.39, 0.29) is 0 Å². The fourth-order valence-electron chi connectivity index (χ4n) is 2.32. The first-order valence-corrected chi connectivity index (χ1v) is 9.21. The Morgan fingerprint density at radius 3 is 2.58 bits per heavy atom. The first-order chi connectivity index (χ1) is 12.5. The molecule has 0 N–H and O–H groups in total. The molecule has 2 aromatic carbocycles. The van der Waals surface area contributed by atoms with Crippen molar-refractivity contribution in [2.24, 2.45) is 0 Å². The van der Waals surface area contributed by atoms with E-state index in [0.717, 1.165) is 23.7 Å². The zero-order chi connectivity index (χ0) is 18.5. The third-order valence-electron chi connectivity index (χ3n) is 3.66. The Kier molecular flexibility index (Phi) is 5.83. The molecule has 134 valence electrons. The summed E-state index contributed by atoms with van der Waals surface area (Å²) < 4.78 is 32.2. The minimum atomic E-state index is -0.852. The molecule has 0 fully saturated rings. The van der Waals surface area contributed by atoms with Crippen LogP contribution in [-0.2, 0) is 12.2 Å². The van der Waals surface area contributed by atoms with Crippen LogP contribution in [0.25, 0.3) is 0 Å². The molecule has 3 aromatic rings. The van der Waals surface area contributed by atoms with Crippen molar-refractivity contribution in [2.75, 3.05) is 0 Å². The molecule has 0 radical (unpaired) electrons. The summed E-state index contributed by atoms with van der Waals surface area (Å²) in [6.07, 6.45) is 0.742. The van der Waals surface area contributed by atoms with E-state index < -0.39 is 11.6 Å². The summed E-state index contributed by atoms with van der Waals surface area (Å²) in [6.45, 7) is 4.00. The summed E-state index contributed by atoms with van der Waals surface area (Å²) in [7, 11) is 0. The lowest BCUT2D eigenvalue weighted by Gasteiger charge is -2.09. The van der Waals surface area contributed by atoms with Gasteiger partial charge in [-0.25, -0.2) is 13.8 Å². The standard InChI is InChI=1S/C20H18F2N2OS/c1-3-15-11-19(25-16-6-4-5-13(2)9-16)24-20(23-15)26-12-14-7-8-17(21)18(22)10-14/h4-11H,3,12H2,1-2H3. The summed E-state index contributed by atoms with van der Waals surface area (Å²) in [5.74, 6) is -0.0852. The lowest BCUT2D eigenvalue weighted by molar-refractivity contribution is 0.453. The summed E-state index contributed by atoms with van der Waals surface area (Å²) >= 11 is 1.35. The van der Waals surface area contributed by atoms with Gasteiger partial charge in [0.15, 0.2) is 16.8 Å². The Morgan fingerprint density at radius 2 is 1.85 bits per heavy atom. The molecule has 0 aliphatic carbocycles. The van der Waals surface area contributed by atoms with Crippen molar-refractivity contribution in [3.05, 3.63) is 77.0 Å². The van der Waals surface area contributed by atoms with Gasteiger partial charge < -0.3 is 4.74 Å². The molecule has 0 unspecified atom stereocenters. The lowest BCUT2D eigenvalue weighted by atomic mass is 10.2. The monoisotopic (exact) mass is 372 g/mol. The van der Waals surface area contributed by atoms with E-state index in [1.807, 2.05) is 44.2 Å². The number of aromatic nitrogens is 2. The van der Waals surface area contributed by atoms with Gasteiger partial charge in [-0.1, -0.05) is 36.9 Å². The molecule has 1 aromatic heterocycles. The first-order valence-electron chi connectivity index (χ1n) is 8.22. The van der Waals surface area contributed by atoms with E-state index in [2.05, 4.69) is 9.97 Å². The van der Waals surface area contributed by atoms with Gasteiger partial charge in [0.1, 0.15) is 5.75 Å². The number of ether oxygens (including phenoxy) is 1. The fraction of sp³-hybridized carbons (Fsp3) is 0.200. The Hall–Kier alpha value is -2.47. The summed E-state index contributed by atoms with van der Waals surface area (Å²) in [4.78, 5) is 8.89. The van der Waals surface area contributed by atoms with Gasteiger partial charge in [-0.2, -0.15) is 4.98 Å². The highest BCUT2D eigenvalue weighted by Gasteiger charge is 2.09. The number of nitrogens with zero attached hydrogens (tertiary/aromatic N) is 2. The third kappa shape index (κ3) is 4.79. The minimum absolute atomic E-state index is 0.439. The van der Waals surface area contributed by atoms with Crippen LogP contribution in [0, 0.1) is 18.6 Å². The topological polar surface area (TPSA) is 35.0 Å². The number of aryl methyl sites for hydroxylation is 2. The van der Waals surface area contributed by atoms with Gasteiger partial charge >= 0.3 is 0 Å². The van der Waals surface area contributed by atoms with Gasteiger partial charge in [0, 0.05) is 17.5 Å². The highest BCUT2D eigenvalue weighted by atomic mass is 32.2. The fourth-order valence-corrected chi connectivity index (χ4v) is 3.14. The van der Waals surface area contributed by atoms with Crippen molar-refractivity contribution in [3.63, 3.8) is 0 Å². The molecule has 26 heavy (non-hydrogen) atoms. The van der Waals surface area contributed by atoms with Gasteiger partial charge in [-0.3, -0.25) is 0 Å². The number of benzene rings is 2. The van der Waals surface area contributed by atoms with Crippen LogP contribution in [0.3, 0.4) is 0 Å². The Morgan fingerprint density at radius 1 is 1.00 bits per heavy atom. The third-order valence-corrected chi connectivity index (χ3v) is 4.58. The van der Waals surface area contributed by atoms with Crippen LogP contribution in [-0.4, -0.2) is 9.97 Å². The number of thioether (sulfide) groups is 1. The molecule has 3 rings (SSSR count). The molecule has 1 heterocycles. The van der Waals surface area contributed by atoms with Crippen LogP contribution in [0.15, 0.2) is 53.7 Å². The summed E-state index contributed by atoms with van der Waals surface area (Å²) in [5, 5.41) is 0.539. The summed E-state index contributed by atoms with van der Waals surface area (Å²) in [5.41, 5.74) is 2.62. The van der Waals surface area contributed by atoms with Crippen molar-refractivity contribution in [2.45, 2.75) is 31.2 Å². The van der Waals surface area contributed by atoms with Crippen LogP contribution in [0.4, 0.5) is 8.78 Å². The van der Waals surface area contributed by atoms with E-state index in [4.69, 9.17) is 4.74 Å². The van der Waals surface area contributed by atoms with Gasteiger partial charge in [0.2, 0.25) is 5.88 Å². The van der Waals surface area contributed by atoms with Gasteiger partial charge in [-0.05, 0) is 48.7 Å². The molecule has 0 aliphatic heterocycles. The molecule has 0 atom stereocenters. The molecule has 0 spiro atoms. The molecule has 3 nitrogen and oxygen atoms in total. The highest BCUT2D eigenvalue weighted by molar-refractivity contribution is 7.98. The largest absolute Gasteiger partial charge is 0.439 e. The van der Waals surface area contributed by atoms with Crippen LogP contribution in [0.2, 0.25) is 0 Å².